The summed E-state index contributed by atoms with van der Waals surface area (Å²) in [5.41, 5.74) is 4.09. The van der Waals surface area contributed by atoms with Crippen molar-refractivity contribution in [1.82, 2.24) is 5.32 Å². The Morgan fingerprint density at radius 1 is 0.680 bits per heavy atom. The lowest BCUT2D eigenvalue weighted by atomic mass is 9.87. The number of aryl methyl sites for hydroxylation is 1. The molecule has 0 heterocycles. The highest BCUT2D eigenvalue weighted by Crippen LogP contribution is 2.39. The van der Waals surface area contributed by atoms with E-state index in [9.17, 15) is 24.7 Å². The van der Waals surface area contributed by atoms with Crippen molar-refractivity contribution in [3.05, 3.63) is 137 Å². The van der Waals surface area contributed by atoms with Crippen molar-refractivity contribution in [1.29, 1.82) is 0 Å². The Kier molecular flexibility index (Phi) is 10.6. The maximum atomic E-state index is 13.5. The van der Waals surface area contributed by atoms with E-state index in [0.29, 0.717) is 45.4 Å². The SMILES string of the molecule is CNC(=O)c1cc(-c2ccc(COO)c(C(=O)Nc3ccc(Oc4ccc(C(C)(C)C)cc4Oc4ccc(C)cc4)cc3)c2)ccc1C(=O)O. The predicted molar refractivity (Wildman–Crippen MR) is 191 cm³/mol. The first-order valence-electron chi connectivity index (χ1n) is 15.8. The average Bonchev–Trinajstić information content (AvgIpc) is 3.10. The molecule has 0 aliphatic rings. The molecule has 4 N–H and O–H groups in total. The largest absolute Gasteiger partial charge is 0.478 e. The van der Waals surface area contributed by atoms with Crippen molar-refractivity contribution in [3.8, 4) is 34.1 Å². The van der Waals surface area contributed by atoms with Gasteiger partial charge in [-0.15, -0.1) is 0 Å². The fourth-order valence-electron chi connectivity index (χ4n) is 5.20. The Morgan fingerprint density at radius 2 is 1.28 bits per heavy atom. The van der Waals surface area contributed by atoms with Crippen LogP contribution in [0.15, 0.2) is 103 Å². The van der Waals surface area contributed by atoms with Crippen LogP contribution in [0.1, 0.15) is 68.5 Å². The van der Waals surface area contributed by atoms with E-state index in [1.807, 2.05) is 49.4 Å². The van der Waals surface area contributed by atoms with Crippen molar-refractivity contribution in [2.24, 2.45) is 0 Å². The maximum Gasteiger partial charge on any atom is 0.336 e. The zero-order valence-corrected chi connectivity index (χ0v) is 28.4. The molecule has 256 valence electrons. The summed E-state index contributed by atoms with van der Waals surface area (Å²) in [5.74, 6) is 0.0207. The number of carboxylic acids is 1. The van der Waals surface area contributed by atoms with Gasteiger partial charge in [-0.25, -0.2) is 9.68 Å². The number of benzene rings is 5. The smallest absolute Gasteiger partial charge is 0.336 e. The molecule has 0 aromatic heterocycles. The molecule has 5 rings (SSSR count). The molecule has 0 spiro atoms. The van der Waals surface area contributed by atoms with Crippen molar-refractivity contribution >= 4 is 23.5 Å². The van der Waals surface area contributed by atoms with E-state index in [2.05, 4.69) is 36.3 Å². The van der Waals surface area contributed by atoms with Crippen molar-refractivity contribution < 1.29 is 39.1 Å². The van der Waals surface area contributed by atoms with Crippen LogP contribution in [-0.2, 0) is 16.9 Å². The molecule has 0 saturated carbocycles. The number of rotatable bonds is 11. The molecule has 5 aromatic carbocycles. The van der Waals surface area contributed by atoms with Crippen LogP contribution in [0.25, 0.3) is 11.1 Å². The van der Waals surface area contributed by atoms with Gasteiger partial charge in [-0.2, -0.15) is 0 Å². The third-order valence-corrected chi connectivity index (χ3v) is 8.03. The topological polar surface area (TPSA) is 143 Å². The first-order valence-corrected chi connectivity index (χ1v) is 15.8. The third-order valence-electron chi connectivity index (χ3n) is 8.03. The number of aromatic carboxylic acids is 1. The quantitative estimate of drug-likeness (QED) is 0.0804. The number of anilines is 1. The number of carbonyl (C=O) groups is 3. The Hall–Kier alpha value is -5.97. The average molecular weight is 675 g/mol. The molecule has 0 bridgehead atoms. The van der Waals surface area contributed by atoms with Crippen molar-refractivity contribution in [2.75, 3.05) is 12.4 Å². The Balaban J connectivity index is 1.38. The maximum absolute atomic E-state index is 13.5. The summed E-state index contributed by atoms with van der Waals surface area (Å²) in [6, 6.07) is 29.7. The third kappa shape index (κ3) is 8.35. The van der Waals surface area contributed by atoms with Crippen LogP contribution < -0.4 is 20.1 Å². The van der Waals surface area contributed by atoms with Gasteiger partial charge in [0.05, 0.1) is 11.1 Å². The van der Waals surface area contributed by atoms with Crippen molar-refractivity contribution in [3.63, 3.8) is 0 Å². The number of ether oxygens (including phenoxy) is 2. The van der Waals surface area contributed by atoms with E-state index in [0.717, 1.165) is 11.1 Å². The van der Waals surface area contributed by atoms with E-state index >= 15 is 0 Å². The number of carboxylic acid groups (broad SMARTS) is 1. The summed E-state index contributed by atoms with van der Waals surface area (Å²) in [5, 5.41) is 24.0. The van der Waals surface area contributed by atoms with Crippen LogP contribution >= 0.6 is 0 Å². The van der Waals surface area contributed by atoms with Crippen LogP contribution in [-0.4, -0.2) is 35.2 Å². The molecule has 0 unspecified atom stereocenters. The summed E-state index contributed by atoms with van der Waals surface area (Å²) in [7, 11) is 1.41. The first kappa shape index (κ1) is 35.3. The monoisotopic (exact) mass is 674 g/mol. The second-order valence-corrected chi connectivity index (χ2v) is 12.7. The zero-order valence-electron chi connectivity index (χ0n) is 28.4. The predicted octanol–water partition coefficient (Wildman–Crippen LogP) is 8.84. The van der Waals surface area contributed by atoms with Gasteiger partial charge in [-0.3, -0.25) is 14.8 Å². The minimum Gasteiger partial charge on any atom is -0.478 e. The van der Waals surface area contributed by atoms with E-state index in [-0.39, 0.29) is 28.7 Å². The van der Waals surface area contributed by atoms with E-state index in [1.165, 1.54) is 19.2 Å². The fraction of sp³-hybridized carbons (Fsp3) is 0.175. The molecule has 0 atom stereocenters. The summed E-state index contributed by atoms with van der Waals surface area (Å²) in [4.78, 5) is 42.0. The van der Waals surface area contributed by atoms with Gasteiger partial charge in [0, 0.05) is 18.3 Å². The molecule has 0 fully saturated rings. The van der Waals surface area contributed by atoms with Crippen molar-refractivity contribution in [2.45, 2.75) is 39.7 Å². The lowest BCUT2D eigenvalue weighted by Gasteiger charge is -2.21. The summed E-state index contributed by atoms with van der Waals surface area (Å²) < 4.78 is 12.5. The van der Waals surface area contributed by atoms with Gasteiger partial charge < -0.3 is 25.2 Å². The van der Waals surface area contributed by atoms with Gasteiger partial charge >= 0.3 is 5.97 Å². The van der Waals surface area contributed by atoms with Crippen LogP contribution in [0, 0.1) is 6.92 Å². The Labute approximate surface area is 290 Å². The molecule has 0 aliphatic heterocycles. The molecular formula is C40H38N2O8. The molecule has 2 amide bonds. The van der Waals surface area contributed by atoms with Crippen LogP contribution in [0.4, 0.5) is 5.69 Å². The van der Waals surface area contributed by atoms with E-state index < -0.39 is 17.8 Å². The van der Waals surface area contributed by atoms with E-state index in [1.54, 1.807) is 48.5 Å². The van der Waals surface area contributed by atoms with Crippen LogP contribution in [0.2, 0.25) is 0 Å². The molecule has 50 heavy (non-hydrogen) atoms. The number of nitrogens with one attached hydrogen (secondary N) is 2. The van der Waals surface area contributed by atoms with E-state index in [4.69, 9.17) is 9.47 Å². The van der Waals surface area contributed by atoms with Gasteiger partial charge in [-0.1, -0.05) is 62.7 Å². The zero-order chi connectivity index (χ0) is 36.0. The minimum absolute atomic E-state index is 0.0208. The number of hydrogen-bond donors (Lipinski definition) is 4. The number of amides is 2. The standard InChI is InChI=1S/C40H38N2O8/c1-24-6-14-30(15-7-24)50-36-22-28(40(2,3)4)11-19-35(36)49-31-16-12-29(13-17-31)42-38(44)33-20-25(8-9-27(33)23-48-47)26-10-18-32(39(45)46)34(21-26)37(43)41-5/h6-22,47H,23H2,1-5H3,(H,41,43)(H,42,44)(H,45,46). The van der Waals surface area contributed by atoms with Gasteiger partial charge in [0.2, 0.25) is 0 Å². The number of hydrogen-bond acceptors (Lipinski definition) is 7. The highest BCUT2D eigenvalue weighted by atomic mass is 17.1. The summed E-state index contributed by atoms with van der Waals surface area (Å²) in [6.07, 6.45) is 0. The van der Waals surface area contributed by atoms with Gasteiger partial charge in [0.15, 0.2) is 11.5 Å². The lowest BCUT2D eigenvalue weighted by molar-refractivity contribution is -0.253. The molecule has 0 aliphatic carbocycles. The summed E-state index contributed by atoms with van der Waals surface area (Å²) in [6.45, 7) is 8.15. The number of carbonyl (C=O) groups excluding carboxylic acids is 2. The highest BCUT2D eigenvalue weighted by Gasteiger charge is 2.20. The van der Waals surface area contributed by atoms with Gasteiger partial charge in [-0.05, 0) is 101 Å². The molecule has 5 aromatic rings. The molecule has 10 nitrogen and oxygen atoms in total. The minimum atomic E-state index is -1.24. The molecule has 0 radical (unpaired) electrons. The van der Waals surface area contributed by atoms with Gasteiger partial charge in [0.1, 0.15) is 18.1 Å². The first-order chi connectivity index (χ1) is 23.9. The second kappa shape index (κ2) is 15.1. The molecule has 0 saturated heterocycles. The Morgan fingerprint density at radius 3 is 1.88 bits per heavy atom. The molecule has 10 heteroatoms. The van der Waals surface area contributed by atoms with Gasteiger partial charge in [0.25, 0.3) is 11.8 Å². The van der Waals surface area contributed by atoms with Crippen LogP contribution in [0.5, 0.6) is 23.0 Å². The highest BCUT2D eigenvalue weighted by molar-refractivity contribution is 6.07. The lowest BCUT2D eigenvalue weighted by Crippen LogP contribution is -2.21. The normalized spacial score (nSPS) is 11.1. The fourth-order valence-corrected chi connectivity index (χ4v) is 5.20. The summed E-state index contributed by atoms with van der Waals surface area (Å²) >= 11 is 0. The Bertz CT molecular complexity index is 2030. The molecular weight excluding hydrogens is 636 g/mol. The second-order valence-electron chi connectivity index (χ2n) is 12.7. The van der Waals surface area contributed by atoms with Crippen LogP contribution in [0.3, 0.4) is 0 Å².